The van der Waals surface area contributed by atoms with Crippen LogP contribution in [-0.4, -0.2) is 94.0 Å². The molecule has 0 radical (unpaired) electrons. The molecular formula is C78H113N10O9PZn. The molecule has 536 valence electrons. The Balaban J connectivity index is 0.000000998. The van der Waals surface area contributed by atoms with E-state index in [4.69, 9.17) is 63.1 Å². The van der Waals surface area contributed by atoms with Crippen molar-refractivity contribution in [3.8, 4) is 51.3 Å². The van der Waals surface area contributed by atoms with Crippen LogP contribution in [-0.2, 0) is 52.2 Å². The smallest absolute Gasteiger partial charge is 0.756 e. The Morgan fingerprint density at radius 1 is 0.485 bits per heavy atom. The van der Waals surface area contributed by atoms with Gasteiger partial charge >= 0.3 is 31.4 Å². The van der Waals surface area contributed by atoms with Crippen molar-refractivity contribution in [3.63, 3.8) is 0 Å². The van der Waals surface area contributed by atoms with Crippen molar-refractivity contribution < 1.29 is 67.5 Å². The zero-order chi connectivity index (χ0) is 71.1. The number of ether oxygens (including phenoxy) is 3. The zero-order valence-electron chi connectivity index (χ0n) is 61.9. The molecule has 8 bridgehead atoms. The Kier molecular flexibility index (Phi) is 35.5. The molecule has 1 unspecified atom stereocenters. The quantitative estimate of drug-likeness (QED) is 0.0162. The summed E-state index contributed by atoms with van der Waals surface area (Å²) in [7, 11) is -4.65. The number of phosphoric ester groups is 1. The number of phosphoric acid groups is 1. The third kappa shape index (κ3) is 31.6. The number of nitrogens with one attached hydrogen (secondary N) is 1. The molecule has 19 nitrogen and oxygen atoms in total. The van der Waals surface area contributed by atoms with E-state index < -0.39 is 32.5 Å². The van der Waals surface area contributed by atoms with E-state index in [0.717, 1.165) is 102 Å². The fraction of sp³-hybridized carbons (Fsp3) is 0.564. The summed E-state index contributed by atoms with van der Waals surface area (Å²) >= 11 is 0. The second kappa shape index (κ2) is 42.2. The SMILES string of the molecule is CC(C)(C)C.CC(C)(C)C.CC(C)(C)C.CCCCCCCCCCCCCCC(=O)OC[C@H](COP(=O)([O-])OCC[NH3+])OC(=O)CCCCCCCCNCCOc1ccc2c(c1)-c1nc-2nc2[n-]c(nc3nc(nc4[n-]c(n1)c1ccccc41)-c1ccccc1-3)c1ccccc21.[Zn+2]. The summed E-state index contributed by atoms with van der Waals surface area (Å²) in [5.74, 6) is 1.66. The van der Waals surface area contributed by atoms with E-state index in [1.54, 1.807) is 0 Å². The number of nitrogens with zero attached hydrogens (tertiary/aromatic N) is 8. The largest absolute Gasteiger partial charge is 2.00 e. The van der Waals surface area contributed by atoms with Crippen LogP contribution in [0.15, 0.2) is 91.0 Å². The van der Waals surface area contributed by atoms with Crippen molar-refractivity contribution in [2.75, 3.05) is 46.1 Å². The van der Waals surface area contributed by atoms with Crippen LogP contribution in [0.4, 0.5) is 0 Å². The molecule has 0 fully saturated rings. The van der Waals surface area contributed by atoms with E-state index in [1.165, 1.54) is 51.4 Å². The van der Waals surface area contributed by atoms with Crippen molar-refractivity contribution >= 4 is 63.9 Å². The van der Waals surface area contributed by atoms with Gasteiger partial charge in [-0.15, -0.1) is 0 Å². The molecule has 4 aromatic carbocycles. The van der Waals surface area contributed by atoms with E-state index in [0.29, 0.717) is 93.9 Å². The van der Waals surface area contributed by atoms with E-state index in [2.05, 4.69) is 101 Å². The number of hydrogen-bond donors (Lipinski definition) is 2. The number of hydrogen-bond acceptors (Lipinski definition) is 16. The molecule has 2 atom stereocenters. The first-order valence-electron chi connectivity index (χ1n) is 35.9. The van der Waals surface area contributed by atoms with Crippen molar-refractivity contribution in [2.24, 2.45) is 16.2 Å². The van der Waals surface area contributed by atoms with Gasteiger partial charge in [-0.2, -0.15) is 0 Å². The minimum atomic E-state index is -4.65. The maximum atomic E-state index is 12.8. The van der Waals surface area contributed by atoms with Crippen molar-refractivity contribution in [2.45, 2.75) is 225 Å². The predicted octanol–water partition coefficient (Wildman–Crippen LogP) is 17.3. The van der Waals surface area contributed by atoms with E-state index in [9.17, 15) is 19.0 Å². The van der Waals surface area contributed by atoms with Crippen LogP contribution in [0.25, 0.3) is 89.7 Å². The van der Waals surface area contributed by atoms with Gasteiger partial charge in [-0.05, 0) is 81.8 Å². The Hall–Kier alpha value is -6.37. The molecule has 0 amide bonds. The van der Waals surface area contributed by atoms with Gasteiger partial charge < -0.3 is 69.1 Å². The average molecular weight is 1430 g/mol. The molecule has 3 aromatic heterocycles. The molecule has 4 N–H and O–H groups in total. The second-order valence-corrected chi connectivity index (χ2v) is 31.6. The second-order valence-electron chi connectivity index (χ2n) is 30.2. The molecule has 0 saturated carbocycles. The molecule has 0 spiro atoms. The Labute approximate surface area is 602 Å². The maximum Gasteiger partial charge on any atom is 2.00 e. The predicted molar refractivity (Wildman–Crippen MR) is 394 cm³/mol. The first-order valence-corrected chi connectivity index (χ1v) is 37.3. The van der Waals surface area contributed by atoms with Crippen LogP contribution < -0.4 is 30.6 Å². The number of benzene rings is 4. The van der Waals surface area contributed by atoms with E-state index in [1.807, 2.05) is 91.0 Å². The van der Waals surface area contributed by atoms with Crippen LogP contribution in [0.2, 0.25) is 0 Å². The fourth-order valence-electron chi connectivity index (χ4n) is 10.3. The number of rotatable bonds is 35. The molecule has 0 aliphatic carbocycles. The average Bonchev–Trinajstić information content (AvgIpc) is 1.61. The summed E-state index contributed by atoms with van der Waals surface area (Å²) in [4.78, 5) is 77.7. The standard InChI is InChI=1S/C63H77N10O9P.3C5H12.Zn/c1-2-3-4-5-6-7-8-9-10-11-14-17-32-54(74)79-42-45(43-81-83(76,77)80-39-36-64)82-55(75)33-18-15-12-13-16-25-37-65-38-40-78-44-34-35-52-53(41-44)63-72-61-51-31-24-23-30-50(51)59(70-61)68-57-47-27-20-19-26-46(47)56(66-57)67-58-48-28-21-22-29-49(48)60(69-58)71-62(52)73-63;3*1-5(2,3)4;/h19-24,26-31,34-35,41,45,65H,2-18,25,32-33,36-40,42-43,64H2,1H3,(H-2,66,67,68,69,70,71,72,73,76,77);3*1-4H3;/q-2;;;;+2/t45-;;;;/m1..../s1. The molecule has 0 saturated heterocycles. The molecule has 21 heteroatoms. The number of aromatic nitrogens is 8. The Morgan fingerprint density at radius 2 is 0.869 bits per heavy atom. The third-order valence-corrected chi connectivity index (χ3v) is 15.7. The number of esters is 2. The zero-order valence-corrected chi connectivity index (χ0v) is 65.8. The molecule has 5 heterocycles. The Bertz CT molecular complexity index is 3770. The minimum absolute atomic E-state index is 0. The first kappa shape index (κ1) is 83.3. The van der Waals surface area contributed by atoms with Crippen LogP contribution in [0.5, 0.6) is 5.75 Å². The minimum Gasteiger partial charge on any atom is -0.756 e. The molecular weight excluding hydrogens is 1320 g/mol. The molecule has 99 heavy (non-hydrogen) atoms. The van der Waals surface area contributed by atoms with Crippen LogP contribution in [0.3, 0.4) is 0 Å². The summed E-state index contributed by atoms with van der Waals surface area (Å²) in [6.45, 7) is 29.7. The fourth-order valence-corrected chi connectivity index (χ4v) is 11.1. The van der Waals surface area contributed by atoms with Crippen LogP contribution in [0.1, 0.15) is 218 Å². The molecule has 2 aliphatic rings. The molecule has 9 rings (SSSR count). The van der Waals surface area contributed by atoms with Gasteiger partial charge in [-0.1, -0.05) is 259 Å². The summed E-state index contributed by atoms with van der Waals surface area (Å²) in [5, 5.41) is 6.83. The number of carbonyl (C=O) groups excluding carboxylic acids is 2. The Morgan fingerprint density at radius 3 is 1.30 bits per heavy atom. The number of carbonyl (C=O) groups is 2. The summed E-state index contributed by atoms with van der Waals surface area (Å²) in [6.07, 6.45) is 18.9. The molecule has 7 aromatic rings. The number of fused-ring (bicyclic) bond motifs is 20. The van der Waals surface area contributed by atoms with Crippen molar-refractivity contribution in [1.82, 2.24) is 45.2 Å². The molecule has 2 aliphatic heterocycles. The van der Waals surface area contributed by atoms with Crippen LogP contribution in [0, 0.1) is 16.2 Å². The van der Waals surface area contributed by atoms with Gasteiger partial charge in [0.2, 0.25) is 0 Å². The van der Waals surface area contributed by atoms with Gasteiger partial charge in [-0.3, -0.25) is 14.2 Å². The maximum absolute atomic E-state index is 12.8. The summed E-state index contributed by atoms with van der Waals surface area (Å²) in [5.41, 5.74) is 10.3. The van der Waals surface area contributed by atoms with E-state index >= 15 is 0 Å². The van der Waals surface area contributed by atoms with Crippen LogP contribution >= 0.6 is 7.82 Å². The van der Waals surface area contributed by atoms with Crippen molar-refractivity contribution in [1.29, 1.82) is 0 Å². The van der Waals surface area contributed by atoms with Gasteiger partial charge in [-0.25, -0.2) is 9.97 Å². The normalized spacial score (nSPS) is 12.7. The van der Waals surface area contributed by atoms with Gasteiger partial charge in [0.05, 0.1) is 36.4 Å². The monoisotopic (exact) mass is 1430 g/mol. The third-order valence-electron chi connectivity index (χ3n) is 14.7. The number of unbranched alkanes of at least 4 members (excludes halogenated alkanes) is 16. The van der Waals surface area contributed by atoms with E-state index in [-0.39, 0.29) is 52.1 Å². The number of quaternary nitrogens is 1. The first-order chi connectivity index (χ1) is 46.7. The topological polar surface area (TPSA) is 266 Å². The van der Waals surface area contributed by atoms with Crippen molar-refractivity contribution in [3.05, 3.63) is 91.0 Å². The summed E-state index contributed by atoms with van der Waals surface area (Å²) in [6, 6.07) is 29.5. The van der Waals surface area contributed by atoms with Gasteiger partial charge in [0.25, 0.3) is 7.82 Å². The van der Waals surface area contributed by atoms with Gasteiger partial charge in [0.15, 0.2) is 6.10 Å². The van der Waals surface area contributed by atoms with Gasteiger partial charge in [0, 0.05) is 64.2 Å². The van der Waals surface area contributed by atoms with Gasteiger partial charge in [0.1, 0.15) is 25.6 Å². The summed E-state index contributed by atoms with van der Waals surface area (Å²) < 4.78 is 39.2.